The van der Waals surface area contributed by atoms with Crippen molar-refractivity contribution in [3.8, 4) is 0 Å². The van der Waals surface area contributed by atoms with E-state index in [9.17, 15) is 0 Å². The number of benzene rings is 1. The Kier molecular flexibility index (Phi) is 2.01. The molecule has 0 amide bonds. The summed E-state index contributed by atoms with van der Waals surface area (Å²) in [6.45, 7) is 13.2. The van der Waals surface area contributed by atoms with E-state index in [1.54, 1.807) is 0 Å². The van der Waals surface area contributed by atoms with Crippen molar-refractivity contribution in [2.75, 3.05) is 0 Å². The summed E-state index contributed by atoms with van der Waals surface area (Å²) in [7, 11) is 0. The smallest absolute Gasteiger partial charge is 0.0930 e. The van der Waals surface area contributed by atoms with Crippen molar-refractivity contribution in [1.29, 1.82) is 0 Å². The van der Waals surface area contributed by atoms with Crippen LogP contribution in [0.15, 0.2) is 22.1 Å². The third kappa shape index (κ3) is 1.18. The Morgan fingerprint density at radius 1 is 0.722 bits per heavy atom. The van der Waals surface area contributed by atoms with Gasteiger partial charge in [0, 0.05) is 22.3 Å². The van der Waals surface area contributed by atoms with Crippen LogP contribution in [0.3, 0.4) is 0 Å². The molecule has 2 heteroatoms. The maximum absolute atomic E-state index is 4.79. The summed E-state index contributed by atoms with van der Waals surface area (Å²) in [5.74, 6) is 0. The van der Waals surface area contributed by atoms with Crippen molar-refractivity contribution in [1.82, 2.24) is 0 Å². The Balaban J connectivity index is 2.33. The second-order valence-corrected chi connectivity index (χ2v) is 6.50. The molecule has 0 aromatic heterocycles. The number of rotatable bonds is 0. The largest absolute Gasteiger partial charge is 0.255 e. The van der Waals surface area contributed by atoms with Crippen molar-refractivity contribution in [2.24, 2.45) is 9.98 Å². The molecule has 1 aromatic carbocycles. The SMILES string of the molecule is CC1=Nc2c(ccc3c2N=C(C)C3(C)C)C1(C)C. The summed E-state index contributed by atoms with van der Waals surface area (Å²) in [6, 6.07) is 4.48. The first-order chi connectivity index (χ1) is 8.26. The highest BCUT2D eigenvalue weighted by molar-refractivity contribution is 6.07. The fourth-order valence-corrected chi connectivity index (χ4v) is 2.82. The lowest BCUT2D eigenvalue weighted by Crippen LogP contribution is -2.24. The molecule has 3 rings (SSSR count). The van der Waals surface area contributed by atoms with Gasteiger partial charge < -0.3 is 0 Å². The van der Waals surface area contributed by atoms with Gasteiger partial charge in [-0.2, -0.15) is 0 Å². The summed E-state index contributed by atoms with van der Waals surface area (Å²) in [5, 5.41) is 0. The third-order valence-corrected chi connectivity index (χ3v) is 4.87. The predicted molar refractivity (Wildman–Crippen MR) is 78.0 cm³/mol. The number of hydrogen-bond acceptors (Lipinski definition) is 2. The molecule has 0 spiro atoms. The molecule has 2 nitrogen and oxygen atoms in total. The van der Waals surface area contributed by atoms with Gasteiger partial charge in [-0.3, -0.25) is 9.98 Å². The zero-order valence-corrected chi connectivity index (χ0v) is 12.0. The van der Waals surface area contributed by atoms with Crippen molar-refractivity contribution in [3.05, 3.63) is 23.3 Å². The van der Waals surface area contributed by atoms with Crippen LogP contribution in [0.2, 0.25) is 0 Å². The number of nitrogens with zero attached hydrogens (tertiary/aromatic N) is 2. The zero-order valence-electron chi connectivity index (χ0n) is 12.0. The molecule has 0 saturated heterocycles. The topological polar surface area (TPSA) is 24.7 Å². The van der Waals surface area contributed by atoms with Gasteiger partial charge in [0.25, 0.3) is 0 Å². The van der Waals surface area contributed by atoms with Gasteiger partial charge in [-0.1, -0.05) is 39.8 Å². The minimum absolute atomic E-state index is 0.0422. The highest BCUT2D eigenvalue weighted by atomic mass is 14.9. The quantitative estimate of drug-likeness (QED) is 0.640. The van der Waals surface area contributed by atoms with E-state index in [-0.39, 0.29) is 10.8 Å². The third-order valence-electron chi connectivity index (χ3n) is 4.87. The molecule has 1 aromatic rings. The van der Waals surface area contributed by atoms with Crippen LogP contribution in [0, 0.1) is 0 Å². The first-order valence-electron chi connectivity index (χ1n) is 6.56. The van der Waals surface area contributed by atoms with Crippen molar-refractivity contribution in [2.45, 2.75) is 52.4 Å². The standard InChI is InChI=1S/C16H20N2/c1-9-15(3,4)11-7-8-12-14(13(11)17-9)18-10(2)16(12,5)6/h7-8H,1-6H3. The molecule has 0 unspecified atom stereocenters. The monoisotopic (exact) mass is 240 g/mol. The highest BCUT2D eigenvalue weighted by Gasteiger charge is 2.39. The molecular weight excluding hydrogens is 220 g/mol. The van der Waals surface area contributed by atoms with Gasteiger partial charge >= 0.3 is 0 Å². The summed E-state index contributed by atoms with van der Waals surface area (Å²) in [6.07, 6.45) is 0. The minimum atomic E-state index is 0.0422. The minimum Gasteiger partial charge on any atom is -0.255 e. The Morgan fingerprint density at radius 3 is 1.39 bits per heavy atom. The molecule has 2 heterocycles. The molecule has 0 fully saturated rings. The van der Waals surface area contributed by atoms with Crippen molar-refractivity contribution >= 4 is 22.8 Å². The lowest BCUT2D eigenvalue weighted by atomic mass is 9.78. The second kappa shape index (κ2) is 3.11. The Labute approximate surface area is 109 Å². The van der Waals surface area contributed by atoms with E-state index in [0.717, 1.165) is 11.4 Å². The van der Waals surface area contributed by atoms with Crippen LogP contribution in [0.4, 0.5) is 11.4 Å². The number of hydrogen-bond donors (Lipinski definition) is 0. The molecule has 0 atom stereocenters. The van der Waals surface area contributed by atoms with Gasteiger partial charge in [0.05, 0.1) is 11.4 Å². The van der Waals surface area contributed by atoms with E-state index in [0.29, 0.717) is 0 Å². The van der Waals surface area contributed by atoms with Gasteiger partial charge in [0.2, 0.25) is 0 Å². The average Bonchev–Trinajstić information content (AvgIpc) is 2.64. The van der Waals surface area contributed by atoms with Crippen LogP contribution in [0.5, 0.6) is 0 Å². The van der Waals surface area contributed by atoms with E-state index >= 15 is 0 Å². The van der Waals surface area contributed by atoms with Crippen LogP contribution < -0.4 is 0 Å². The van der Waals surface area contributed by atoms with Crippen LogP contribution in [0.25, 0.3) is 0 Å². The fourth-order valence-electron chi connectivity index (χ4n) is 2.82. The van der Waals surface area contributed by atoms with E-state index in [2.05, 4.69) is 53.7 Å². The fraction of sp³-hybridized carbons (Fsp3) is 0.500. The summed E-state index contributed by atoms with van der Waals surface area (Å²) < 4.78 is 0. The van der Waals surface area contributed by atoms with E-state index < -0.39 is 0 Å². The number of aliphatic imine (C=N–C) groups is 2. The van der Waals surface area contributed by atoms with Crippen LogP contribution in [-0.4, -0.2) is 11.4 Å². The van der Waals surface area contributed by atoms with Crippen molar-refractivity contribution < 1.29 is 0 Å². The Hall–Kier alpha value is -1.44. The van der Waals surface area contributed by atoms with Gasteiger partial charge in [-0.15, -0.1) is 0 Å². The molecule has 0 aliphatic carbocycles. The van der Waals surface area contributed by atoms with Crippen LogP contribution in [-0.2, 0) is 10.8 Å². The summed E-state index contributed by atoms with van der Waals surface area (Å²) in [5.41, 5.74) is 7.27. The first kappa shape index (κ1) is 11.6. The molecule has 94 valence electrons. The van der Waals surface area contributed by atoms with Gasteiger partial charge in [-0.05, 0) is 25.0 Å². The van der Waals surface area contributed by atoms with Crippen molar-refractivity contribution in [3.63, 3.8) is 0 Å². The molecular formula is C16H20N2. The molecule has 0 N–H and O–H groups in total. The molecule has 2 aliphatic rings. The van der Waals surface area contributed by atoms with E-state index in [1.165, 1.54) is 22.6 Å². The Morgan fingerprint density at radius 2 is 1.06 bits per heavy atom. The van der Waals surface area contributed by atoms with Gasteiger partial charge in [-0.25, -0.2) is 0 Å². The first-order valence-corrected chi connectivity index (χ1v) is 6.56. The van der Waals surface area contributed by atoms with Crippen LogP contribution in [0.1, 0.15) is 52.7 Å². The zero-order chi connectivity index (χ0) is 13.3. The predicted octanol–water partition coefficient (Wildman–Crippen LogP) is 4.45. The van der Waals surface area contributed by atoms with Crippen LogP contribution >= 0.6 is 0 Å². The lowest BCUT2D eigenvalue weighted by Gasteiger charge is -2.23. The van der Waals surface area contributed by atoms with E-state index in [1.807, 2.05) is 0 Å². The highest BCUT2D eigenvalue weighted by Crippen LogP contribution is 2.52. The molecule has 2 aliphatic heterocycles. The van der Waals surface area contributed by atoms with Gasteiger partial charge in [0.15, 0.2) is 0 Å². The maximum Gasteiger partial charge on any atom is 0.0930 e. The van der Waals surface area contributed by atoms with E-state index in [4.69, 9.17) is 9.98 Å². The molecule has 0 saturated carbocycles. The lowest BCUT2D eigenvalue weighted by molar-refractivity contribution is 0.722. The van der Waals surface area contributed by atoms with Gasteiger partial charge in [0.1, 0.15) is 0 Å². The molecule has 0 bridgehead atoms. The summed E-state index contributed by atoms with van der Waals surface area (Å²) in [4.78, 5) is 9.57. The normalized spacial score (nSPS) is 22.3. The summed E-state index contributed by atoms with van der Waals surface area (Å²) >= 11 is 0. The number of fused-ring (bicyclic) bond motifs is 3. The average molecular weight is 240 g/mol. The second-order valence-electron chi connectivity index (χ2n) is 6.50. The molecule has 18 heavy (non-hydrogen) atoms. The molecule has 0 radical (unpaired) electrons. The maximum atomic E-state index is 4.79. The Bertz CT molecular complexity index is 561.